The third-order valence-corrected chi connectivity index (χ3v) is 8.73. The fraction of sp³-hybridized carbons (Fsp3) is 0.467. The van der Waals surface area contributed by atoms with Crippen LogP contribution in [0.25, 0.3) is 0 Å². The van der Waals surface area contributed by atoms with Crippen molar-refractivity contribution in [2.45, 2.75) is 68.3 Å². The van der Waals surface area contributed by atoms with Crippen LogP contribution in [-0.4, -0.2) is 64.8 Å². The van der Waals surface area contributed by atoms with Gasteiger partial charge in [-0.1, -0.05) is 43.2 Å². The molecule has 1 saturated carbocycles. The van der Waals surface area contributed by atoms with E-state index in [2.05, 4.69) is 16.7 Å². The smallest absolute Gasteiger partial charge is 0.270 e. The summed E-state index contributed by atoms with van der Waals surface area (Å²) >= 11 is 0. The van der Waals surface area contributed by atoms with Crippen LogP contribution in [0.4, 0.5) is 14.5 Å². The van der Waals surface area contributed by atoms with Crippen molar-refractivity contribution in [1.29, 1.82) is 5.26 Å². The zero-order chi connectivity index (χ0) is 28.9. The predicted molar refractivity (Wildman–Crippen MR) is 143 cm³/mol. The molecule has 3 fully saturated rings. The van der Waals surface area contributed by atoms with Gasteiger partial charge in [-0.2, -0.15) is 5.26 Å². The Morgan fingerprint density at radius 2 is 1.95 bits per heavy atom. The molecule has 2 aromatic rings. The molecule has 3 amide bonds. The van der Waals surface area contributed by atoms with Crippen LogP contribution in [0.2, 0.25) is 0 Å². The third kappa shape index (κ3) is 5.01. The molecular weight excluding hydrogens is 532 g/mol. The SMILES string of the molecule is CN(C(=O)[C@@H]1CC[C@@H](c2ccccc2)N1)C(CC1CC1)C(=O)N1C[C@@]2(C[C@H]1C#N)Oc1cc(F)cc(F)c1NC2=O. The molecular formula is C30H31F2N5O4. The molecule has 1 spiro atoms. The second kappa shape index (κ2) is 10.4. The number of nitriles is 1. The quantitative estimate of drug-likeness (QED) is 0.558. The summed E-state index contributed by atoms with van der Waals surface area (Å²) in [4.78, 5) is 43.6. The van der Waals surface area contributed by atoms with E-state index in [1.807, 2.05) is 30.3 Å². The highest BCUT2D eigenvalue weighted by Gasteiger charge is 2.57. The number of fused-ring (bicyclic) bond motifs is 1. The molecule has 41 heavy (non-hydrogen) atoms. The molecule has 0 radical (unpaired) electrons. The lowest BCUT2D eigenvalue weighted by Gasteiger charge is -2.36. The van der Waals surface area contributed by atoms with Crippen LogP contribution in [-0.2, 0) is 14.4 Å². The van der Waals surface area contributed by atoms with Crippen molar-refractivity contribution in [3.05, 3.63) is 59.7 Å². The van der Waals surface area contributed by atoms with Gasteiger partial charge in [0.1, 0.15) is 23.6 Å². The Morgan fingerprint density at radius 3 is 2.66 bits per heavy atom. The van der Waals surface area contributed by atoms with E-state index in [4.69, 9.17) is 4.74 Å². The minimum absolute atomic E-state index is 0.0389. The van der Waals surface area contributed by atoms with E-state index >= 15 is 0 Å². The standard InChI is InChI=1S/C30H31F2N5O4/c1-36(27(38)23-10-9-22(34-23)18-5-3-2-4-6-18)24(11-17-7-8-17)28(39)37-16-30(14-20(37)15-33)29(40)35-26-21(32)12-19(31)13-25(26)41-30/h2-6,12-13,17,20,22-24,34H,7-11,14,16H2,1H3,(H,35,40)/t20-,22-,23-,24?,30+/m0/s1. The second-order valence-corrected chi connectivity index (χ2v) is 11.5. The van der Waals surface area contributed by atoms with Crippen LogP contribution in [0.1, 0.15) is 50.1 Å². The number of nitrogens with one attached hydrogen (secondary N) is 2. The van der Waals surface area contributed by atoms with Crippen LogP contribution < -0.4 is 15.4 Å². The monoisotopic (exact) mass is 563 g/mol. The molecule has 3 heterocycles. The lowest BCUT2D eigenvalue weighted by Crippen LogP contribution is -2.56. The molecule has 2 N–H and O–H groups in total. The summed E-state index contributed by atoms with van der Waals surface area (Å²) in [5.41, 5.74) is -0.871. The van der Waals surface area contributed by atoms with Crippen LogP contribution in [0.3, 0.4) is 0 Å². The maximum absolute atomic E-state index is 14.3. The summed E-state index contributed by atoms with van der Waals surface area (Å²) in [6.07, 6.45) is 3.60. The van der Waals surface area contributed by atoms with Gasteiger partial charge in [-0.15, -0.1) is 0 Å². The molecule has 9 nitrogen and oxygen atoms in total. The fourth-order valence-electron chi connectivity index (χ4n) is 6.26. The van der Waals surface area contributed by atoms with Gasteiger partial charge in [-0.3, -0.25) is 19.7 Å². The number of nitrogens with zero attached hydrogens (tertiary/aromatic N) is 3. The lowest BCUT2D eigenvalue weighted by molar-refractivity contribution is -0.146. The molecule has 3 aliphatic heterocycles. The largest absolute Gasteiger partial charge is 0.473 e. The number of likely N-dealkylation sites (N-methyl/N-ethyl adjacent to an activating group) is 1. The van der Waals surface area contributed by atoms with Gasteiger partial charge in [0.2, 0.25) is 17.4 Å². The maximum Gasteiger partial charge on any atom is 0.270 e. The lowest BCUT2D eigenvalue weighted by atomic mass is 9.97. The van der Waals surface area contributed by atoms with Crippen molar-refractivity contribution in [2.75, 3.05) is 18.9 Å². The Labute approximate surface area is 236 Å². The Kier molecular flexibility index (Phi) is 6.90. The summed E-state index contributed by atoms with van der Waals surface area (Å²) in [5.74, 6) is -3.12. The first-order valence-corrected chi connectivity index (χ1v) is 14.0. The highest BCUT2D eigenvalue weighted by atomic mass is 19.1. The number of likely N-dealkylation sites (tertiary alicyclic amines) is 1. The van der Waals surface area contributed by atoms with E-state index in [-0.39, 0.29) is 42.3 Å². The van der Waals surface area contributed by atoms with Crippen molar-refractivity contribution in [2.24, 2.45) is 5.92 Å². The number of benzene rings is 2. The number of rotatable bonds is 6. The van der Waals surface area contributed by atoms with E-state index in [9.17, 15) is 28.4 Å². The number of amides is 3. The number of ether oxygens (including phenoxy) is 1. The minimum Gasteiger partial charge on any atom is -0.473 e. The zero-order valence-electron chi connectivity index (χ0n) is 22.6. The molecule has 1 unspecified atom stereocenters. The summed E-state index contributed by atoms with van der Waals surface area (Å²) in [6.45, 7) is -0.283. The minimum atomic E-state index is -1.69. The van der Waals surface area contributed by atoms with E-state index in [1.165, 1.54) is 9.80 Å². The number of carbonyl (C=O) groups excluding carboxylic acids is 3. The number of carbonyl (C=O) groups is 3. The molecule has 4 aliphatic rings. The fourth-order valence-corrected chi connectivity index (χ4v) is 6.26. The van der Waals surface area contributed by atoms with Crippen LogP contribution in [0.15, 0.2) is 42.5 Å². The van der Waals surface area contributed by atoms with Crippen molar-refractivity contribution in [3.8, 4) is 11.8 Å². The molecule has 5 atom stereocenters. The summed E-state index contributed by atoms with van der Waals surface area (Å²) in [6, 6.07) is 11.3. The molecule has 214 valence electrons. The van der Waals surface area contributed by atoms with Crippen molar-refractivity contribution in [3.63, 3.8) is 0 Å². The molecule has 1 aliphatic carbocycles. The van der Waals surface area contributed by atoms with Gasteiger partial charge >= 0.3 is 0 Å². The normalized spacial score (nSPS) is 27.5. The first-order chi connectivity index (χ1) is 19.7. The number of hydrogen-bond acceptors (Lipinski definition) is 6. The van der Waals surface area contributed by atoms with E-state index in [0.717, 1.165) is 30.9 Å². The Bertz CT molecular complexity index is 1430. The van der Waals surface area contributed by atoms with Gasteiger partial charge in [0.05, 0.1) is 18.7 Å². The van der Waals surface area contributed by atoms with Crippen LogP contribution >= 0.6 is 0 Å². The first kappa shape index (κ1) is 27.1. The third-order valence-electron chi connectivity index (χ3n) is 8.73. The van der Waals surface area contributed by atoms with Gasteiger partial charge in [0.25, 0.3) is 5.91 Å². The van der Waals surface area contributed by atoms with Crippen molar-refractivity contribution in [1.82, 2.24) is 15.1 Å². The Balaban J connectivity index is 1.21. The second-order valence-electron chi connectivity index (χ2n) is 11.5. The zero-order valence-corrected chi connectivity index (χ0v) is 22.6. The Hall–Kier alpha value is -4.04. The predicted octanol–water partition coefficient (Wildman–Crippen LogP) is 3.28. The highest BCUT2D eigenvalue weighted by molar-refractivity contribution is 6.02. The van der Waals surface area contributed by atoms with Gasteiger partial charge in [0.15, 0.2) is 11.6 Å². The number of halogens is 2. The van der Waals surface area contributed by atoms with E-state index in [0.29, 0.717) is 18.9 Å². The summed E-state index contributed by atoms with van der Waals surface area (Å²) in [7, 11) is 1.61. The van der Waals surface area contributed by atoms with Crippen LogP contribution in [0.5, 0.6) is 5.75 Å². The molecule has 2 aromatic carbocycles. The number of anilines is 1. The first-order valence-electron chi connectivity index (χ1n) is 14.0. The van der Waals surface area contributed by atoms with Crippen molar-refractivity contribution < 1.29 is 27.9 Å². The molecule has 6 rings (SSSR count). The van der Waals surface area contributed by atoms with Gasteiger partial charge in [-0.25, -0.2) is 8.78 Å². The number of hydrogen-bond donors (Lipinski definition) is 2. The molecule has 11 heteroatoms. The molecule has 0 bridgehead atoms. The van der Waals surface area contributed by atoms with Crippen molar-refractivity contribution >= 4 is 23.4 Å². The van der Waals surface area contributed by atoms with E-state index < -0.39 is 47.2 Å². The Morgan fingerprint density at radius 1 is 1.20 bits per heavy atom. The average molecular weight is 564 g/mol. The highest BCUT2D eigenvalue weighted by Crippen LogP contribution is 2.43. The topological polar surface area (TPSA) is 115 Å². The van der Waals surface area contributed by atoms with Gasteiger partial charge in [-0.05, 0) is 30.7 Å². The summed E-state index contributed by atoms with van der Waals surface area (Å²) < 4.78 is 34.1. The van der Waals surface area contributed by atoms with Crippen LogP contribution in [0, 0.1) is 28.9 Å². The maximum atomic E-state index is 14.3. The van der Waals surface area contributed by atoms with E-state index in [1.54, 1.807) is 7.05 Å². The average Bonchev–Trinajstić information content (AvgIpc) is 3.51. The summed E-state index contributed by atoms with van der Waals surface area (Å²) in [5, 5.41) is 15.8. The van der Waals surface area contributed by atoms with Gasteiger partial charge in [0, 0.05) is 31.6 Å². The molecule has 2 saturated heterocycles. The molecule has 0 aromatic heterocycles. The van der Waals surface area contributed by atoms with Gasteiger partial charge < -0.3 is 19.9 Å².